The summed E-state index contributed by atoms with van der Waals surface area (Å²) in [5.74, 6) is -0.523. The second kappa shape index (κ2) is 5.08. The summed E-state index contributed by atoms with van der Waals surface area (Å²) in [5, 5.41) is 7.38. The first kappa shape index (κ1) is 12.4. The average molecular weight is 317 g/mol. The number of hydrogen-bond acceptors (Lipinski definition) is 3. The van der Waals surface area contributed by atoms with Gasteiger partial charge in [-0.3, -0.25) is 0 Å². The van der Waals surface area contributed by atoms with Crippen LogP contribution in [0.4, 0.5) is 4.39 Å². The van der Waals surface area contributed by atoms with Crippen molar-refractivity contribution in [1.82, 2.24) is 10.2 Å². The quantitative estimate of drug-likeness (QED) is 0.866. The van der Waals surface area contributed by atoms with Gasteiger partial charge < -0.3 is 5.73 Å². The van der Waals surface area contributed by atoms with E-state index in [1.807, 2.05) is 0 Å². The highest BCUT2D eigenvalue weighted by Gasteiger charge is 2.17. The van der Waals surface area contributed by atoms with Gasteiger partial charge in [0, 0.05) is 16.2 Å². The molecular formula is C11H8BrClFN3. The molecule has 1 unspecified atom stereocenters. The second-order valence-electron chi connectivity index (χ2n) is 3.42. The SMILES string of the molecule is NC(c1ccnnc1)c1ccc(Br)c(Cl)c1F. The van der Waals surface area contributed by atoms with Crippen molar-refractivity contribution in [2.75, 3.05) is 0 Å². The van der Waals surface area contributed by atoms with Crippen molar-refractivity contribution in [1.29, 1.82) is 0 Å². The van der Waals surface area contributed by atoms with Crippen molar-refractivity contribution < 1.29 is 4.39 Å². The van der Waals surface area contributed by atoms with E-state index in [2.05, 4.69) is 26.1 Å². The summed E-state index contributed by atoms with van der Waals surface area (Å²) in [4.78, 5) is 0. The van der Waals surface area contributed by atoms with Gasteiger partial charge in [0.2, 0.25) is 0 Å². The fourth-order valence-electron chi connectivity index (χ4n) is 1.45. The van der Waals surface area contributed by atoms with E-state index in [9.17, 15) is 4.39 Å². The van der Waals surface area contributed by atoms with Crippen LogP contribution < -0.4 is 5.73 Å². The third kappa shape index (κ3) is 2.46. The first-order valence-electron chi connectivity index (χ1n) is 4.77. The average Bonchev–Trinajstić information content (AvgIpc) is 2.36. The minimum Gasteiger partial charge on any atom is -0.320 e. The summed E-state index contributed by atoms with van der Waals surface area (Å²) >= 11 is 8.96. The molecule has 2 N–H and O–H groups in total. The van der Waals surface area contributed by atoms with Gasteiger partial charge in [0.1, 0.15) is 5.82 Å². The van der Waals surface area contributed by atoms with Gasteiger partial charge in [0.05, 0.1) is 17.3 Å². The van der Waals surface area contributed by atoms with Gasteiger partial charge >= 0.3 is 0 Å². The summed E-state index contributed by atoms with van der Waals surface area (Å²) in [6.07, 6.45) is 3.01. The van der Waals surface area contributed by atoms with Crippen molar-refractivity contribution in [3.05, 3.63) is 57.0 Å². The largest absolute Gasteiger partial charge is 0.320 e. The molecule has 0 fully saturated rings. The fraction of sp³-hybridized carbons (Fsp3) is 0.0909. The molecule has 2 rings (SSSR count). The number of nitrogens with zero attached hydrogens (tertiary/aromatic N) is 2. The summed E-state index contributed by atoms with van der Waals surface area (Å²) in [7, 11) is 0. The van der Waals surface area contributed by atoms with Gasteiger partial charge in [-0.2, -0.15) is 10.2 Å². The zero-order chi connectivity index (χ0) is 12.4. The van der Waals surface area contributed by atoms with Crippen molar-refractivity contribution in [2.24, 2.45) is 5.73 Å². The number of rotatable bonds is 2. The van der Waals surface area contributed by atoms with Crippen LogP contribution in [0.15, 0.2) is 35.1 Å². The molecule has 1 aromatic carbocycles. The molecule has 0 amide bonds. The van der Waals surface area contributed by atoms with Crippen LogP contribution in [0.25, 0.3) is 0 Å². The Morgan fingerprint density at radius 3 is 2.71 bits per heavy atom. The van der Waals surface area contributed by atoms with Crippen LogP contribution in [0.2, 0.25) is 5.02 Å². The van der Waals surface area contributed by atoms with Crippen LogP contribution in [0, 0.1) is 5.82 Å². The highest BCUT2D eigenvalue weighted by atomic mass is 79.9. The summed E-state index contributed by atoms with van der Waals surface area (Å²) in [6, 6.07) is 4.33. The lowest BCUT2D eigenvalue weighted by Gasteiger charge is -2.13. The zero-order valence-electron chi connectivity index (χ0n) is 8.57. The number of aromatic nitrogens is 2. The highest BCUT2D eigenvalue weighted by Crippen LogP contribution is 2.31. The van der Waals surface area contributed by atoms with Crippen LogP contribution in [0.3, 0.4) is 0 Å². The van der Waals surface area contributed by atoms with Crippen molar-refractivity contribution in [2.45, 2.75) is 6.04 Å². The van der Waals surface area contributed by atoms with E-state index < -0.39 is 11.9 Å². The molecule has 0 aliphatic carbocycles. The number of benzene rings is 1. The molecule has 6 heteroatoms. The Morgan fingerprint density at radius 2 is 2.06 bits per heavy atom. The van der Waals surface area contributed by atoms with Gasteiger partial charge in [-0.25, -0.2) is 4.39 Å². The molecular weight excluding hydrogens is 308 g/mol. The predicted octanol–water partition coefficient (Wildman–Crippen LogP) is 3.08. The minimum absolute atomic E-state index is 0.0277. The molecule has 1 aromatic heterocycles. The number of halogens is 3. The fourth-order valence-corrected chi connectivity index (χ4v) is 1.92. The monoisotopic (exact) mass is 315 g/mol. The van der Waals surface area contributed by atoms with E-state index in [1.165, 1.54) is 12.4 Å². The Labute approximate surface area is 111 Å². The number of nitrogens with two attached hydrogens (primary N) is 1. The predicted molar refractivity (Wildman–Crippen MR) is 67.2 cm³/mol. The van der Waals surface area contributed by atoms with Crippen LogP contribution in [0.5, 0.6) is 0 Å². The van der Waals surface area contributed by atoms with E-state index in [-0.39, 0.29) is 5.02 Å². The van der Waals surface area contributed by atoms with Gasteiger partial charge in [-0.15, -0.1) is 0 Å². The molecule has 0 aliphatic heterocycles. The molecule has 0 spiro atoms. The molecule has 3 nitrogen and oxygen atoms in total. The summed E-state index contributed by atoms with van der Waals surface area (Å²) in [5.41, 5.74) is 6.96. The van der Waals surface area contributed by atoms with E-state index in [1.54, 1.807) is 18.2 Å². The zero-order valence-corrected chi connectivity index (χ0v) is 10.9. The maximum absolute atomic E-state index is 13.9. The van der Waals surface area contributed by atoms with E-state index in [4.69, 9.17) is 17.3 Å². The smallest absolute Gasteiger partial charge is 0.148 e. The van der Waals surface area contributed by atoms with Gasteiger partial charge in [0.25, 0.3) is 0 Å². The maximum atomic E-state index is 13.9. The Bertz CT molecular complexity index is 536. The summed E-state index contributed by atoms with van der Waals surface area (Å²) < 4.78 is 14.4. The Balaban J connectivity index is 2.45. The maximum Gasteiger partial charge on any atom is 0.148 e. The molecule has 1 heterocycles. The molecule has 0 saturated heterocycles. The van der Waals surface area contributed by atoms with Gasteiger partial charge in [-0.05, 0) is 33.6 Å². The van der Waals surface area contributed by atoms with Crippen LogP contribution in [-0.2, 0) is 0 Å². The first-order valence-corrected chi connectivity index (χ1v) is 5.94. The lowest BCUT2D eigenvalue weighted by molar-refractivity contribution is 0.598. The lowest BCUT2D eigenvalue weighted by Crippen LogP contribution is -2.14. The molecule has 88 valence electrons. The first-order chi connectivity index (χ1) is 8.11. The Hall–Kier alpha value is -1.04. The van der Waals surface area contributed by atoms with Crippen LogP contribution in [-0.4, -0.2) is 10.2 Å². The Morgan fingerprint density at radius 1 is 1.29 bits per heavy atom. The molecule has 0 saturated carbocycles. The second-order valence-corrected chi connectivity index (χ2v) is 4.65. The van der Waals surface area contributed by atoms with Crippen molar-refractivity contribution in [3.63, 3.8) is 0 Å². The van der Waals surface area contributed by atoms with E-state index >= 15 is 0 Å². The van der Waals surface area contributed by atoms with Crippen LogP contribution >= 0.6 is 27.5 Å². The molecule has 1 atom stereocenters. The third-order valence-electron chi connectivity index (χ3n) is 2.37. The molecule has 2 aromatic rings. The van der Waals surface area contributed by atoms with E-state index in [0.29, 0.717) is 15.6 Å². The molecule has 0 bridgehead atoms. The lowest BCUT2D eigenvalue weighted by atomic mass is 10.0. The van der Waals surface area contributed by atoms with E-state index in [0.717, 1.165) is 0 Å². The summed E-state index contributed by atoms with van der Waals surface area (Å²) in [6.45, 7) is 0. The topological polar surface area (TPSA) is 51.8 Å². The Kier molecular flexibility index (Phi) is 3.71. The van der Waals surface area contributed by atoms with Gasteiger partial charge in [0.15, 0.2) is 0 Å². The minimum atomic E-state index is -0.615. The third-order valence-corrected chi connectivity index (χ3v) is 3.62. The van der Waals surface area contributed by atoms with Crippen LogP contribution in [0.1, 0.15) is 17.2 Å². The molecule has 0 aliphatic rings. The van der Waals surface area contributed by atoms with Crippen molar-refractivity contribution >= 4 is 27.5 Å². The molecule has 17 heavy (non-hydrogen) atoms. The molecule has 0 radical (unpaired) electrons. The van der Waals surface area contributed by atoms with Crippen molar-refractivity contribution in [3.8, 4) is 0 Å². The highest BCUT2D eigenvalue weighted by molar-refractivity contribution is 9.10. The normalized spacial score (nSPS) is 12.5. The standard InChI is InChI=1S/C11H8BrClFN3/c12-8-2-1-7(10(14)9(8)13)11(15)6-3-4-16-17-5-6/h1-5,11H,15H2. The van der Waals surface area contributed by atoms with Gasteiger partial charge in [-0.1, -0.05) is 17.7 Å². The number of hydrogen-bond donors (Lipinski definition) is 1.